The molecule has 0 fully saturated rings. The van der Waals surface area contributed by atoms with Gasteiger partial charge in [-0.15, -0.1) is 0 Å². The van der Waals surface area contributed by atoms with Gasteiger partial charge in [0.15, 0.2) is 0 Å². The van der Waals surface area contributed by atoms with Crippen LogP contribution in [0.25, 0.3) is 6.08 Å². The van der Waals surface area contributed by atoms with Crippen molar-refractivity contribution in [3.63, 3.8) is 0 Å². The predicted octanol–water partition coefficient (Wildman–Crippen LogP) is 5.08. The molecular formula is C19H27NO. The number of hydrogen-bond donors (Lipinski definition) is 1. The van der Waals surface area contributed by atoms with Gasteiger partial charge in [-0.1, -0.05) is 75.4 Å². The molecule has 0 radical (unpaired) electrons. The van der Waals surface area contributed by atoms with Crippen LogP contribution in [0, 0.1) is 0 Å². The maximum atomic E-state index is 11.6. The summed E-state index contributed by atoms with van der Waals surface area (Å²) < 4.78 is 0. The maximum absolute atomic E-state index is 11.6. The number of hydrogen-bond acceptors (Lipinski definition) is 1. The summed E-state index contributed by atoms with van der Waals surface area (Å²) in [6, 6.07) is 9.81. The second-order valence-corrected chi connectivity index (χ2v) is 5.21. The normalized spacial score (nSPS) is 11.3. The number of unbranched alkanes of at least 4 members (excludes halogenated alkanes) is 6. The number of allylic oxidation sites excluding steroid dienone is 1. The van der Waals surface area contributed by atoms with E-state index < -0.39 is 0 Å². The zero-order valence-electron chi connectivity index (χ0n) is 13.1. The van der Waals surface area contributed by atoms with Crippen LogP contribution in [0.4, 0.5) is 0 Å². The van der Waals surface area contributed by atoms with Crippen LogP contribution in [-0.4, -0.2) is 5.91 Å². The van der Waals surface area contributed by atoms with Crippen LogP contribution in [0.1, 0.15) is 57.4 Å². The Balaban J connectivity index is 2.07. The number of amides is 1. The van der Waals surface area contributed by atoms with Crippen molar-refractivity contribution >= 4 is 12.0 Å². The van der Waals surface area contributed by atoms with Crippen molar-refractivity contribution < 1.29 is 4.79 Å². The smallest absolute Gasteiger partial charge is 0.247 e. The number of rotatable bonds is 10. The third-order valence-corrected chi connectivity index (χ3v) is 3.29. The summed E-state index contributed by atoms with van der Waals surface area (Å²) in [4.78, 5) is 11.6. The molecule has 0 spiro atoms. The van der Waals surface area contributed by atoms with Gasteiger partial charge in [-0.3, -0.25) is 4.79 Å². The van der Waals surface area contributed by atoms with Gasteiger partial charge in [0.1, 0.15) is 0 Å². The molecule has 2 nitrogen and oxygen atoms in total. The Bertz CT molecular complexity index is 434. The lowest BCUT2D eigenvalue weighted by Crippen LogP contribution is -2.13. The van der Waals surface area contributed by atoms with Crippen molar-refractivity contribution in [1.29, 1.82) is 0 Å². The summed E-state index contributed by atoms with van der Waals surface area (Å²) in [7, 11) is 0. The van der Waals surface area contributed by atoms with Gasteiger partial charge >= 0.3 is 0 Å². The lowest BCUT2D eigenvalue weighted by Gasteiger charge is -1.98. The SMILES string of the molecule is CCCCCCCC/C=C\NC(=O)/C=C/c1ccccc1. The molecule has 1 aromatic rings. The minimum atomic E-state index is -0.0851. The van der Waals surface area contributed by atoms with E-state index in [1.807, 2.05) is 42.5 Å². The first kappa shape index (κ1) is 17.2. The van der Waals surface area contributed by atoms with Crippen molar-refractivity contribution in [2.45, 2.75) is 51.9 Å². The molecular weight excluding hydrogens is 258 g/mol. The molecule has 21 heavy (non-hydrogen) atoms. The summed E-state index contributed by atoms with van der Waals surface area (Å²) >= 11 is 0. The molecule has 0 bridgehead atoms. The molecule has 0 heterocycles. The number of carbonyl (C=O) groups is 1. The van der Waals surface area contributed by atoms with Gasteiger partial charge in [-0.05, 0) is 24.5 Å². The Morgan fingerprint density at radius 3 is 2.52 bits per heavy atom. The third-order valence-electron chi connectivity index (χ3n) is 3.29. The van der Waals surface area contributed by atoms with E-state index in [0.29, 0.717) is 0 Å². The zero-order chi connectivity index (χ0) is 15.2. The fourth-order valence-electron chi connectivity index (χ4n) is 2.05. The highest BCUT2D eigenvalue weighted by Crippen LogP contribution is 2.06. The lowest BCUT2D eigenvalue weighted by molar-refractivity contribution is -0.115. The molecule has 0 aliphatic rings. The van der Waals surface area contributed by atoms with Crippen LogP contribution < -0.4 is 5.32 Å². The van der Waals surface area contributed by atoms with Gasteiger partial charge in [0, 0.05) is 12.3 Å². The van der Waals surface area contributed by atoms with E-state index in [-0.39, 0.29) is 5.91 Å². The molecule has 114 valence electrons. The van der Waals surface area contributed by atoms with Crippen molar-refractivity contribution in [3.8, 4) is 0 Å². The van der Waals surface area contributed by atoms with E-state index in [4.69, 9.17) is 0 Å². The molecule has 1 amide bonds. The predicted molar refractivity (Wildman–Crippen MR) is 90.8 cm³/mol. The third kappa shape index (κ3) is 9.67. The average Bonchev–Trinajstić information content (AvgIpc) is 2.52. The molecule has 1 rings (SSSR count). The molecule has 1 aromatic carbocycles. The minimum absolute atomic E-state index is 0.0851. The Hall–Kier alpha value is -1.83. The topological polar surface area (TPSA) is 29.1 Å². The van der Waals surface area contributed by atoms with Gasteiger partial charge in [0.2, 0.25) is 5.91 Å². The first-order chi connectivity index (χ1) is 10.3. The van der Waals surface area contributed by atoms with Crippen LogP contribution in [0.3, 0.4) is 0 Å². The molecule has 0 aliphatic heterocycles. The first-order valence-electron chi connectivity index (χ1n) is 8.01. The standard InChI is InChI=1S/C19H27NO/c1-2-3-4-5-6-7-8-12-17-20-19(21)16-15-18-13-10-9-11-14-18/h9-17H,2-8H2,1H3,(H,20,21)/b16-15+,17-12-. The fourth-order valence-corrected chi connectivity index (χ4v) is 2.05. The molecule has 0 aromatic heterocycles. The molecule has 0 unspecified atom stereocenters. The van der Waals surface area contributed by atoms with E-state index in [1.54, 1.807) is 12.3 Å². The van der Waals surface area contributed by atoms with Gasteiger partial charge in [0.25, 0.3) is 0 Å². The molecule has 0 saturated heterocycles. The zero-order valence-corrected chi connectivity index (χ0v) is 13.1. The molecule has 1 N–H and O–H groups in total. The van der Waals surface area contributed by atoms with Crippen molar-refractivity contribution in [2.24, 2.45) is 0 Å². The van der Waals surface area contributed by atoms with E-state index >= 15 is 0 Å². The number of benzene rings is 1. The van der Waals surface area contributed by atoms with E-state index in [0.717, 1.165) is 12.0 Å². The Kier molecular flexibility index (Phi) is 9.80. The molecule has 0 aliphatic carbocycles. The Morgan fingerprint density at radius 2 is 1.76 bits per heavy atom. The minimum Gasteiger partial charge on any atom is -0.329 e. The maximum Gasteiger partial charge on any atom is 0.247 e. The van der Waals surface area contributed by atoms with Gasteiger partial charge in [0.05, 0.1) is 0 Å². The summed E-state index contributed by atoms with van der Waals surface area (Å²) in [6.07, 6.45) is 16.0. The summed E-state index contributed by atoms with van der Waals surface area (Å²) in [5.74, 6) is -0.0851. The van der Waals surface area contributed by atoms with Gasteiger partial charge < -0.3 is 5.32 Å². The second kappa shape index (κ2) is 12.0. The quantitative estimate of drug-likeness (QED) is 0.471. The second-order valence-electron chi connectivity index (χ2n) is 5.21. The van der Waals surface area contributed by atoms with E-state index in [1.165, 1.54) is 38.5 Å². The van der Waals surface area contributed by atoms with E-state index in [9.17, 15) is 4.79 Å². The Labute approximate surface area is 129 Å². The van der Waals surface area contributed by atoms with Gasteiger partial charge in [-0.25, -0.2) is 0 Å². The lowest BCUT2D eigenvalue weighted by atomic mass is 10.1. The summed E-state index contributed by atoms with van der Waals surface area (Å²) in [5, 5.41) is 2.76. The monoisotopic (exact) mass is 285 g/mol. The first-order valence-corrected chi connectivity index (χ1v) is 8.01. The number of nitrogens with one attached hydrogen (secondary N) is 1. The largest absolute Gasteiger partial charge is 0.329 e. The van der Waals surface area contributed by atoms with Crippen LogP contribution >= 0.6 is 0 Å². The fraction of sp³-hybridized carbons (Fsp3) is 0.421. The molecule has 0 atom stereocenters. The summed E-state index contributed by atoms with van der Waals surface area (Å²) in [6.45, 7) is 2.23. The highest BCUT2D eigenvalue weighted by Gasteiger charge is 1.91. The average molecular weight is 285 g/mol. The van der Waals surface area contributed by atoms with Crippen molar-refractivity contribution in [1.82, 2.24) is 5.32 Å². The van der Waals surface area contributed by atoms with Gasteiger partial charge in [-0.2, -0.15) is 0 Å². The Morgan fingerprint density at radius 1 is 1.05 bits per heavy atom. The molecule has 0 saturated carbocycles. The number of carbonyl (C=O) groups excluding carboxylic acids is 1. The van der Waals surface area contributed by atoms with E-state index in [2.05, 4.69) is 12.2 Å². The van der Waals surface area contributed by atoms with Crippen LogP contribution in [0.2, 0.25) is 0 Å². The summed E-state index contributed by atoms with van der Waals surface area (Å²) in [5.41, 5.74) is 1.03. The van der Waals surface area contributed by atoms with Crippen LogP contribution in [0.15, 0.2) is 48.7 Å². The highest BCUT2D eigenvalue weighted by atomic mass is 16.1. The van der Waals surface area contributed by atoms with Crippen LogP contribution in [0.5, 0.6) is 0 Å². The highest BCUT2D eigenvalue weighted by molar-refractivity contribution is 5.92. The van der Waals surface area contributed by atoms with Crippen LogP contribution in [-0.2, 0) is 4.79 Å². The van der Waals surface area contributed by atoms with Crippen molar-refractivity contribution in [2.75, 3.05) is 0 Å². The van der Waals surface area contributed by atoms with Crippen molar-refractivity contribution in [3.05, 3.63) is 54.2 Å². The molecule has 2 heteroatoms.